The Bertz CT molecular complexity index is 286. The molecule has 1 atom stereocenters. The number of piperazine rings is 1. The van der Waals surface area contributed by atoms with Crippen molar-refractivity contribution in [2.24, 2.45) is 0 Å². The maximum absolute atomic E-state index is 5.90. The second kappa shape index (κ2) is 7.91. The van der Waals surface area contributed by atoms with E-state index in [2.05, 4.69) is 58.3 Å². The minimum atomic E-state index is -0.0413. The van der Waals surface area contributed by atoms with E-state index in [1.165, 1.54) is 0 Å². The Balaban J connectivity index is 2.19. The lowest BCUT2D eigenvalue weighted by Gasteiger charge is -2.39. The first kappa shape index (κ1) is 18.9. The van der Waals surface area contributed by atoms with Gasteiger partial charge in [-0.1, -0.05) is 0 Å². The topological polar surface area (TPSA) is 24.9 Å². The molecule has 1 aliphatic heterocycles. The van der Waals surface area contributed by atoms with Crippen molar-refractivity contribution < 1.29 is 9.47 Å². The SMILES string of the molecule is CC(COC(C)(C)C)N1CCN(CCOC(C)(C)C)CC1. The van der Waals surface area contributed by atoms with Crippen LogP contribution in [0.5, 0.6) is 0 Å². The van der Waals surface area contributed by atoms with Crippen LogP contribution in [0.1, 0.15) is 48.5 Å². The molecule has 4 heteroatoms. The molecule has 0 aromatic carbocycles. The quantitative estimate of drug-likeness (QED) is 0.753. The van der Waals surface area contributed by atoms with E-state index in [0.29, 0.717) is 6.04 Å². The lowest BCUT2D eigenvalue weighted by Crippen LogP contribution is -2.51. The van der Waals surface area contributed by atoms with Gasteiger partial charge in [0.25, 0.3) is 0 Å². The number of hydrogen-bond donors (Lipinski definition) is 0. The minimum absolute atomic E-state index is 0.0272. The van der Waals surface area contributed by atoms with Crippen molar-refractivity contribution in [3.05, 3.63) is 0 Å². The van der Waals surface area contributed by atoms with Gasteiger partial charge in [0.15, 0.2) is 0 Å². The molecule has 0 aromatic heterocycles. The summed E-state index contributed by atoms with van der Waals surface area (Å²) >= 11 is 0. The summed E-state index contributed by atoms with van der Waals surface area (Å²) < 4.78 is 11.7. The highest BCUT2D eigenvalue weighted by atomic mass is 16.5. The number of rotatable bonds is 6. The Kier molecular flexibility index (Phi) is 7.11. The lowest BCUT2D eigenvalue weighted by atomic mass is 10.2. The molecule has 4 nitrogen and oxygen atoms in total. The van der Waals surface area contributed by atoms with Gasteiger partial charge in [0.1, 0.15) is 0 Å². The standard InChI is InChI=1S/C17H36N2O2/c1-15(14-21-17(5,6)7)19-10-8-18(9-11-19)12-13-20-16(2,3)4/h15H,8-14H2,1-7H3. The molecular weight excluding hydrogens is 264 g/mol. The van der Waals surface area contributed by atoms with E-state index in [1.54, 1.807) is 0 Å². The fourth-order valence-electron chi connectivity index (χ4n) is 2.38. The molecule has 0 aliphatic carbocycles. The summed E-state index contributed by atoms with van der Waals surface area (Å²) in [5, 5.41) is 0. The van der Waals surface area contributed by atoms with Crippen LogP contribution in [0.3, 0.4) is 0 Å². The van der Waals surface area contributed by atoms with Gasteiger partial charge < -0.3 is 9.47 Å². The van der Waals surface area contributed by atoms with Gasteiger partial charge in [0.05, 0.1) is 24.4 Å². The first-order valence-corrected chi connectivity index (χ1v) is 8.31. The third-order valence-corrected chi connectivity index (χ3v) is 3.73. The fourth-order valence-corrected chi connectivity index (χ4v) is 2.38. The maximum atomic E-state index is 5.90. The van der Waals surface area contributed by atoms with Gasteiger partial charge in [-0.2, -0.15) is 0 Å². The molecule has 0 saturated carbocycles. The highest BCUT2D eigenvalue weighted by Gasteiger charge is 2.23. The van der Waals surface area contributed by atoms with Crippen molar-refractivity contribution in [2.45, 2.75) is 65.7 Å². The summed E-state index contributed by atoms with van der Waals surface area (Å²) in [5.41, 5.74) is -0.0684. The second-order valence-corrected chi connectivity index (χ2v) is 8.11. The molecule has 1 saturated heterocycles. The summed E-state index contributed by atoms with van der Waals surface area (Å²) in [5.74, 6) is 0. The van der Waals surface area contributed by atoms with Crippen molar-refractivity contribution in [1.82, 2.24) is 9.80 Å². The third-order valence-electron chi connectivity index (χ3n) is 3.73. The van der Waals surface area contributed by atoms with Crippen molar-refractivity contribution in [3.8, 4) is 0 Å². The van der Waals surface area contributed by atoms with Gasteiger partial charge in [0, 0.05) is 38.8 Å². The zero-order valence-electron chi connectivity index (χ0n) is 15.2. The average molecular weight is 300 g/mol. The van der Waals surface area contributed by atoms with Crippen molar-refractivity contribution in [2.75, 3.05) is 45.9 Å². The molecule has 1 rings (SSSR count). The number of nitrogens with zero attached hydrogens (tertiary/aromatic N) is 2. The van der Waals surface area contributed by atoms with Gasteiger partial charge in [-0.3, -0.25) is 9.80 Å². The largest absolute Gasteiger partial charge is 0.375 e. The van der Waals surface area contributed by atoms with Gasteiger partial charge in [-0.05, 0) is 48.5 Å². The van der Waals surface area contributed by atoms with Crippen LogP contribution in [0.4, 0.5) is 0 Å². The Morgan fingerprint density at radius 3 is 1.86 bits per heavy atom. The maximum Gasteiger partial charge on any atom is 0.0626 e. The molecule has 1 heterocycles. The number of hydrogen-bond acceptors (Lipinski definition) is 4. The van der Waals surface area contributed by atoms with E-state index in [-0.39, 0.29) is 11.2 Å². The Morgan fingerprint density at radius 1 is 0.857 bits per heavy atom. The van der Waals surface area contributed by atoms with Crippen LogP contribution in [-0.4, -0.2) is 73.0 Å². The first-order chi connectivity index (χ1) is 9.57. The molecule has 1 fully saturated rings. The molecule has 0 amide bonds. The monoisotopic (exact) mass is 300 g/mol. The smallest absolute Gasteiger partial charge is 0.0626 e. The van der Waals surface area contributed by atoms with Crippen molar-refractivity contribution >= 4 is 0 Å². The zero-order chi connectivity index (χ0) is 16.1. The molecule has 0 radical (unpaired) electrons. The molecule has 0 bridgehead atoms. The van der Waals surface area contributed by atoms with E-state index >= 15 is 0 Å². The molecule has 0 aromatic rings. The molecule has 21 heavy (non-hydrogen) atoms. The highest BCUT2D eigenvalue weighted by molar-refractivity contribution is 4.77. The molecule has 126 valence electrons. The minimum Gasteiger partial charge on any atom is -0.375 e. The van der Waals surface area contributed by atoms with Crippen LogP contribution in [0, 0.1) is 0 Å². The molecule has 0 N–H and O–H groups in total. The van der Waals surface area contributed by atoms with Crippen LogP contribution in [0.15, 0.2) is 0 Å². The van der Waals surface area contributed by atoms with Gasteiger partial charge in [-0.15, -0.1) is 0 Å². The first-order valence-electron chi connectivity index (χ1n) is 8.31. The van der Waals surface area contributed by atoms with Crippen LogP contribution in [0.2, 0.25) is 0 Å². The Hall–Kier alpha value is -0.160. The van der Waals surface area contributed by atoms with Crippen LogP contribution >= 0.6 is 0 Å². The molecule has 1 aliphatic rings. The average Bonchev–Trinajstić information content (AvgIpc) is 2.34. The molecule has 0 spiro atoms. The predicted octanol–water partition coefficient (Wildman–Crippen LogP) is 2.62. The van der Waals surface area contributed by atoms with E-state index in [1.807, 2.05) is 0 Å². The molecule has 1 unspecified atom stereocenters. The van der Waals surface area contributed by atoms with Crippen LogP contribution < -0.4 is 0 Å². The summed E-state index contributed by atoms with van der Waals surface area (Å²) in [7, 11) is 0. The van der Waals surface area contributed by atoms with E-state index in [9.17, 15) is 0 Å². The van der Waals surface area contributed by atoms with Gasteiger partial charge in [-0.25, -0.2) is 0 Å². The normalized spacial score (nSPS) is 20.7. The summed E-state index contributed by atoms with van der Waals surface area (Å²) in [6.07, 6.45) is 0. The third kappa shape index (κ3) is 8.77. The second-order valence-electron chi connectivity index (χ2n) is 8.11. The van der Waals surface area contributed by atoms with Crippen LogP contribution in [-0.2, 0) is 9.47 Å². The van der Waals surface area contributed by atoms with E-state index in [4.69, 9.17) is 9.47 Å². The van der Waals surface area contributed by atoms with Gasteiger partial charge >= 0.3 is 0 Å². The summed E-state index contributed by atoms with van der Waals surface area (Å²) in [6.45, 7) is 22.2. The Morgan fingerprint density at radius 2 is 1.38 bits per heavy atom. The predicted molar refractivity (Wildman–Crippen MR) is 88.9 cm³/mol. The summed E-state index contributed by atoms with van der Waals surface area (Å²) in [6, 6.07) is 0.497. The number of ether oxygens (including phenoxy) is 2. The van der Waals surface area contributed by atoms with Crippen LogP contribution in [0.25, 0.3) is 0 Å². The highest BCUT2D eigenvalue weighted by Crippen LogP contribution is 2.12. The Labute approximate surface area is 131 Å². The zero-order valence-corrected chi connectivity index (χ0v) is 15.2. The lowest BCUT2D eigenvalue weighted by molar-refractivity contribution is -0.0440. The molecular formula is C17H36N2O2. The summed E-state index contributed by atoms with van der Waals surface area (Å²) in [4.78, 5) is 5.03. The van der Waals surface area contributed by atoms with E-state index < -0.39 is 0 Å². The van der Waals surface area contributed by atoms with Crippen molar-refractivity contribution in [1.29, 1.82) is 0 Å². The van der Waals surface area contributed by atoms with Gasteiger partial charge in [0.2, 0.25) is 0 Å². The van der Waals surface area contributed by atoms with E-state index in [0.717, 1.165) is 45.9 Å². The fraction of sp³-hybridized carbons (Fsp3) is 1.00. The van der Waals surface area contributed by atoms with Crippen molar-refractivity contribution in [3.63, 3.8) is 0 Å².